The molecule has 1 unspecified atom stereocenters. The number of anilines is 1. The van der Waals surface area contributed by atoms with Gasteiger partial charge in [-0.2, -0.15) is 13.2 Å². The lowest BCUT2D eigenvalue weighted by Gasteiger charge is -2.38. The maximum atomic E-state index is 14.5. The first kappa shape index (κ1) is 27.4. The van der Waals surface area contributed by atoms with Crippen molar-refractivity contribution in [2.75, 3.05) is 10.8 Å². The molecule has 1 N–H and O–H groups in total. The third-order valence-electron chi connectivity index (χ3n) is 6.22. The van der Waals surface area contributed by atoms with Crippen molar-refractivity contribution < 1.29 is 45.0 Å². The fourth-order valence-corrected chi connectivity index (χ4v) is 5.70. The molecule has 0 saturated carbocycles. The molecule has 0 radical (unpaired) electrons. The molecular weight excluding hydrogens is 533 g/mol. The Morgan fingerprint density at radius 2 is 1.74 bits per heavy atom. The molecule has 0 fully saturated rings. The van der Waals surface area contributed by atoms with E-state index in [1.807, 2.05) is 0 Å². The van der Waals surface area contributed by atoms with Crippen molar-refractivity contribution in [3.63, 3.8) is 0 Å². The molecule has 12 heteroatoms. The zero-order valence-electron chi connectivity index (χ0n) is 20.1. The number of hydrogen-bond acceptors (Lipinski definition) is 4. The van der Waals surface area contributed by atoms with E-state index in [1.165, 1.54) is 44.2 Å². The quantitative estimate of drug-likeness (QED) is 0.371. The van der Waals surface area contributed by atoms with Gasteiger partial charge in [-0.3, -0.25) is 9.10 Å². The Labute approximate surface area is 215 Å². The van der Waals surface area contributed by atoms with Crippen LogP contribution in [0.15, 0.2) is 65.6 Å². The van der Waals surface area contributed by atoms with Crippen molar-refractivity contribution in [2.45, 2.75) is 37.4 Å². The molecule has 38 heavy (non-hydrogen) atoms. The topological polar surface area (TPSA) is 83.9 Å². The number of halogens is 5. The lowest BCUT2D eigenvalue weighted by Crippen LogP contribution is -2.46. The van der Waals surface area contributed by atoms with Gasteiger partial charge in [-0.15, -0.1) is 0 Å². The number of carbonyl (C=O) groups is 1. The highest BCUT2D eigenvalue weighted by Crippen LogP contribution is 2.42. The molecular formula is C26H22F5NO5S. The van der Waals surface area contributed by atoms with Gasteiger partial charge in [0.05, 0.1) is 28.1 Å². The number of ether oxygens (including phenoxy) is 1. The maximum absolute atomic E-state index is 14.5. The molecule has 6 nitrogen and oxygen atoms in total. The van der Waals surface area contributed by atoms with Crippen molar-refractivity contribution in [1.82, 2.24) is 0 Å². The standard InChI is InChI=1S/C26H22F5NO5S/c1-25(2,24(33)34)13-17-14-32(38(35,36)18-6-3-5-16(12-18)26(29,30)31)21-11-15(9-10-22(21)37-17)19-7-4-8-20(27)23(19)28/h3-12,17H,13-14H2,1-2H3,(H,33,34). The summed E-state index contributed by atoms with van der Waals surface area (Å²) in [6.07, 6.45) is -5.91. The van der Waals surface area contributed by atoms with Gasteiger partial charge in [0, 0.05) is 12.0 Å². The summed E-state index contributed by atoms with van der Waals surface area (Å²) in [5, 5.41) is 9.53. The number of fused-ring (bicyclic) bond motifs is 1. The average molecular weight is 556 g/mol. The summed E-state index contributed by atoms with van der Waals surface area (Å²) in [6, 6.07) is 10.6. The highest BCUT2D eigenvalue weighted by molar-refractivity contribution is 7.92. The van der Waals surface area contributed by atoms with E-state index < -0.39 is 62.3 Å². The second-order valence-electron chi connectivity index (χ2n) is 9.48. The van der Waals surface area contributed by atoms with Crippen molar-refractivity contribution in [3.8, 4) is 16.9 Å². The normalized spacial score (nSPS) is 16.1. The molecule has 4 rings (SSSR count). The van der Waals surface area contributed by atoms with Crippen LogP contribution < -0.4 is 9.04 Å². The average Bonchev–Trinajstić information content (AvgIpc) is 2.84. The largest absolute Gasteiger partial charge is 0.486 e. The van der Waals surface area contributed by atoms with E-state index in [0.29, 0.717) is 6.07 Å². The van der Waals surface area contributed by atoms with Crippen LogP contribution in [-0.4, -0.2) is 32.1 Å². The first-order chi connectivity index (χ1) is 17.6. The molecule has 1 heterocycles. The Kier molecular flexibility index (Phi) is 6.89. The molecule has 0 aromatic heterocycles. The van der Waals surface area contributed by atoms with Gasteiger partial charge in [0.25, 0.3) is 10.0 Å². The molecule has 0 bridgehead atoms. The minimum Gasteiger partial charge on any atom is -0.486 e. The molecule has 1 atom stereocenters. The summed E-state index contributed by atoms with van der Waals surface area (Å²) in [7, 11) is -4.65. The van der Waals surface area contributed by atoms with E-state index in [0.717, 1.165) is 28.6 Å². The molecule has 1 aliphatic rings. The monoisotopic (exact) mass is 555 g/mol. The summed E-state index contributed by atoms with van der Waals surface area (Å²) < 4.78 is 102. The number of benzene rings is 3. The Morgan fingerprint density at radius 1 is 1.05 bits per heavy atom. The van der Waals surface area contributed by atoms with Gasteiger partial charge in [-0.1, -0.05) is 24.3 Å². The predicted octanol–water partition coefficient (Wildman–Crippen LogP) is 6.11. The van der Waals surface area contributed by atoms with Crippen LogP contribution in [0.25, 0.3) is 11.1 Å². The summed E-state index contributed by atoms with van der Waals surface area (Å²) in [4.78, 5) is 11.0. The van der Waals surface area contributed by atoms with Gasteiger partial charge in [-0.25, -0.2) is 17.2 Å². The Hall–Kier alpha value is -3.67. The lowest BCUT2D eigenvalue weighted by molar-refractivity contribution is -0.148. The van der Waals surface area contributed by atoms with Crippen LogP contribution in [0.4, 0.5) is 27.6 Å². The molecule has 1 aliphatic heterocycles. The van der Waals surface area contributed by atoms with Crippen LogP contribution in [0.1, 0.15) is 25.8 Å². The number of carboxylic acids is 1. The second kappa shape index (κ2) is 9.57. The molecule has 0 amide bonds. The first-order valence-electron chi connectivity index (χ1n) is 11.3. The lowest BCUT2D eigenvalue weighted by atomic mass is 9.86. The summed E-state index contributed by atoms with van der Waals surface area (Å²) in [5.74, 6) is -3.46. The Morgan fingerprint density at radius 3 is 2.39 bits per heavy atom. The number of sulfonamides is 1. The van der Waals surface area contributed by atoms with Gasteiger partial charge in [0.1, 0.15) is 11.9 Å². The molecule has 202 valence electrons. The highest BCUT2D eigenvalue weighted by atomic mass is 32.2. The van der Waals surface area contributed by atoms with E-state index in [1.54, 1.807) is 0 Å². The fourth-order valence-electron chi connectivity index (χ4n) is 4.16. The van der Waals surface area contributed by atoms with Crippen LogP contribution in [-0.2, 0) is 21.0 Å². The van der Waals surface area contributed by atoms with Crippen molar-refractivity contribution in [3.05, 3.63) is 77.9 Å². The second-order valence-corrected chi connectivity index (χ2v) is 11.3. The van der Waals surface area contributed by atoms with E-state index >= 15 is 0 Å². The van der Waals surface area contributed by atoms with Gasteiger partial charge >= 0.3 is 12.1 Å². The summed E-state index contributed by atoms with van der Waals surface area (Å²) in [6.45, 7) is 2.42. The molecule has 0 aliphatic carbocycles. The minimum absolute atomic E-state index is 0.0152. The summed E-state index contributed by atoms with van der Waals surface area (Å²) in [5.41, 5.74) is -2.69. The fraction of sp³-hybridized carbons (Fsp3) is 0.269. The number of carboxylic acid groups (broad SMARTS) is 1. The minimum atomic E-state index is -4.80. The third kappa shape index (κ3) is 5.17. The van der Waals surface area contributed by atoms with Crippen molar-refractivity contribution in [1.29, 1.82) is 0 Å². The molecule has 0 saturated heterocycles. The summed E-state index contributed by atoms with van der Waals surface area (Å²) >= 11 is 0. The van der Waals surface area contributed by atoms with E-state index in [-0.39, 0.29) is 29.0 Å². The van der Waals surface area contributed by atoms with E-state index in [4.69, 9.17) is 4.74 Å². The zero-order valence-corrected chi connectivity index (χ0v) is 20.9. The zero-order chi connectivity index (χ0) is 28.0. The number of aliphatic carboxylic acids is 1. The van der Waals surface area contributed by atoms with Crippen LogP contribution in [0.2, 0.25) is 0 Å². The van der Waals surface area contributed by atoms with Crippen LogP contribution in [0.5, 0.6) is 5.75 Å². The van der Waals surface area contributed by atoms with Crippen LogP contribution >= 0.6 is 0 Å². The smallest absolute Gasteiger partial charge is 0.416 e. The Bertz CT molecular complexity index is 1500. The molecule has 3 aromatic carbocycles. The highest BCUT2D eigenvalue weighted by Gasteiger charge is 2.40. The van der Waals surface area contributed by atoms with E-state index in [2.05, 4.69) is 0 Å². The van der Waals surface area contributed by atoms with E-state index in [9.17, 15) is 40.3 Å². The number of hydrogen-bond donors (Lipinski definition) is 1. The number of rotatable bonds is 6. The Balaban J connectivity index is 1.86. The molecule has 3 aromatic rings. The van der Waals surface area contributed by atoms with Gasteiger partial charge in [0.15, 0.2) is 11.6 Å². The third-order valence-corrected chi connectivity index (χ3v) is 8.00. The van der Waals surface area contributed by atoms with Gasteiger partial charge < -0.3 is 9.84 Å². The maximum Gasteiger partial charge on any atom is 0.416 e. The molecule has 0 spiro atoms. The van der Waals surface area contributed by atoms with Crippen molar-refractivity contribution in [2.24, 2.45) is 5.41 Å². The number of nitrogens with zero attached hydrogens (tertiary/aromatic N) is 1. The van der Waals surface area contributed by atoms with Crippen molar-refractivity contribution >= 4 is 21.7 Å². The first-order valence-corrected chi connectivity index (χ1v) is 12.7. The van der Waals surface area contributed by atoms with Crippen LogP contribution in [0.3, 0.4) is 0 Å². The predicted molar refractivity (Wildman–Crippen MR) is 128 cm³/mol. The number of alkyl halides is 3. The van der Waals surface area contributed by atoms with Gasteiger partial charge in [0.2, 0.25) is 0 Å². The van der Waals surface area contributed by atoms with Gasteiger partial charge in [-0.05, 0) is 55.8 Å². The SMILES string of the molecule is CC(C)(CC1CN(S(=O)(=O)c2cccc(C(F)(F)F)c2)c2cc(-c3cccc(F)c3F)ccc2O1)C(=O)O. The van der Waals surface area contributed by atoms with Crippen LogP contribution in [0, 0.1) is 17.0 Å².